The molecule has 1 saturated heterocycles. The Hall–Kier alpha value is -2.45. The molecule has 0 N–H and O–H groups in total. The molecule has 1 amide bonds. The standard InChI is InChI=1S/C15H16F3N5O/c16-15(17,18)13-5-1-3-11(7-13)12-4-2-6-22(8-12)14(24)9-23-10-19-20-21-23/h1,3,5,7,10,12H,2,4,6,8-9H2. The lowest BCUT2D eigenvalue weighted by Crippen LogP contribution is -2.41. The van der Waals surface area contributed by atoms with Crippen molar-refractivity contribution in [3.05, 3.63) is 41.7 Å². The highest BCUT2D eigenvalue weighted by Gasteiger charge is 2.32. The Kier molecular flexibility index (Phi) is 4.50. The Morgan fingerprint density at radius 1 is 1.33 bits per heavy atom. The van der Waals surface area contributed by atoms with Gasteiger partial charge < -0.3 is 4.90 Å². The van der Waals surface area contributed by atoms with Crippen LogP contribution in [0.5, 0.6) is 0 Å². The molecule has 1 aromatic heterocycles. The molecule has 1 aliphatic rings. The summed E-state index contributed by atoms with van der Waals surface area (Å²) < 4.78 is 39.9. The highest BCUT2D eigenvalue weighted by atomic mass is 19.4. The summed E-state index contributed by atoms with van der Waals surface area (Å²) in [4.78, 5) is 14.0. The van der Waals surface area contributed by atoms with Gasteiger partial charge in [0, 0.05) is 19.0 Å². The molecule has 0 radical (unpaired) electrons. The van der Waals surface area contributed by atoms with E-state index in [9.17, 15) is 18.0 Å². The molecule has 1 fully saturated rings. The number of amides is 1. The van der Waals surface area contributed by atoms with E-state index in [0.29, 0.717) is 18.7 Å². The zero-order chi connectivity index (χ0) is 17.2. The van der Waals surface area contributed by atoms with Gasteiger partial charge in [-0.25, -0.2) is 4.68 Å². The molecule has 1 atom stereocenters. The van der Waals surface area contributed by atoms with Crippen LogP contribution in [0.3, 0.4) is 0 Å². The van der Waals surface area contributed by atoms with E-state index >= 15 is 0 Å². The summed E-state index contributed by atoms with van der Waals surface area (Å²) in [6.45, 7) is 1.03. The number of likely N-dealkylation sites (tertiary alicyclic amines) is 1. The summed E-state index contributed by atoms with van der Waals surface area (Å²) in [5, 5.41) is 10.6. The van der Waals surface area contributed by atoms with Gasteiger partial charge in [0.15, 0.2) is 0 Å². The lowest BCUT2D eigenvalue weighted by Gasteiger charge is -2.33. The van der Waals surface area contributed by atoms with Crippen molar-refractivity contribution >= 4 is 5.91 Å². The number of tetrazole rings is 1. The van der Waals surface area contributed by atoms with Gasteiger partial charge in [-0.3, -0.25) is 4.79 Å². The van der Waals surface area contributed by atoms with E-state index < -0.39 is 11.7 Å². The fourth-order valence-electron chi connectivity index (χ4n) is 2.94. The molecule has 1 unspecified atom stereocenters. The first-order chi connectivity index (χ1) is 11.4. The van der Waals surface area contributed by atoms with Gasteiger partial charge in [0.1, 0.15) is 12.9 Å². The topological polar surface area (TPSA) is 63.9 Å². The van der Waals surface area contributed by atoms with Crippen LogP contribution in [0.1, 0.15) is 29.9 Å². The molecule has 2 heterocycles. The second kappa shape index (κ2) is 6.58. The average Bonchev–Trinajstić information content (AvgIpc) is 3.07. The third-order valence-electron chi connectivity index (χ3n) is 4.15. The smallest absolute Gasteiger partial charge is 0.340 e. The molecular formula is C15H16F3N5O. The molecule has 6 nitrogen and oxygen atoms in total. The fraction of sp³-hybridized carbons (Fsp3) is 0.467. The number of piperidine rings is 1. The minimum atomic E-state index is -4.36. The van der Waals surface area contributed by atoms with E-state index in [2.05, 4.69) is 15.5 Å². The predicted octanol–water partition coefficient (Wildman–Crippen LogP) is 2.10. The number of alkyl halides is 3. The van der Waals surface area contributed by atoms with Crippen LogP contribution >= 0.6 is 0 Å². The van der Waals surface area contributed by atoms with Gasteiger partial charge >= 0.3 is 6.18 Å². The summed E-state index contributed by atoms with van der Waals surface area (Å²) in [5.74, 6) is -0.238. The number of hydrogen-bond acceptors (Lipinski definition) is 4. The maximum absolute atomic E-state index is 12.9. The molecule has 1 aliphatic heterocycles. The molecule has 0 aliphatic carbocycles. The maximum atomic E-state index is 12.9. The molecule has 128 valence electrons. The first kappa shape index (κ1) is 16.4. The van der Waals surface area contributed by atoms with Crippen molar-refractivity contribution in [1.29, 1.82) is 0 Å². The van der Waals surface area contributed by atoms with Crippen molar-refractivity contribution in [2.24, 2.45) is 0 Å². The van der Waals surface area contributed by atoms with Gasteiger partial charge in [0.05, 0.1) is 5.56 Å². The number of rotatable bonds is 3. The minimum absolute atomic E-state index is 0.0301. The van der Waals surface area contributed by atoms with E-state index in [-0.39, 0.29) is 18.4 Å². The Morgan fingerprint density at radius 3 is 2.88 bits per heavy atom. The summed E-state index contributed by atoms with van der Waals surface area (Å²) >= 11 is 0. The van der Waals surface area contributed by atoms with Crippen LogP contribution in [0, 0.1) is 0 Å². The van der Waals surface area contributed by atoms with Crippen molar-refractivity contribution < 1.29 is 18.0 Å². The van der Waals surface area contributed by atoms with Crippen LogP contribution in [-0.2, 0) is 17.5 Å². The van der Waals surface area contributed by atoms with Crippen molar-refractivity contribution in [1.82, 2.24) is 25.1 Å². The minimum Gasteiger partial charge on any atom is -0.340 e. The number of hydrogen-bond donors (Lipinski definition) is 0. The van der Waals surface area contributed by atoms with Gasteiger partial charge in [0.25, 0.3) is 0 Å². The van der Waals surface area contributed by atoms with Crippen LogP contribution in [0.4, 0.5) is 13.2 Å². The Bertz CT molecular complexity index is 701. The monoisotopic (exact) mass is 339 g/mol. The number of benzene rings is 1. The molecule has 1 aromatic carbocycles. The highest BCUT2D eigenvalue weighted by molar-refractivity contribution is 5.76. The van der Waals surface area contributed by atoms with Crippen molar-refractivity contribution in [3.8, 4) is 0 Å². The van der Waals surface area contributed by atoms with Crippen LogP contribution in [0.2, 0.25) is 0 Å². The zero-order valence-corrected chi connectivity index (χ0v) is 12.8. The van der Waals surface area contributed by atoms with Crippen LogP contribution in [0.15, 0.2) is 30.6 Å². The van der Waals surface area contributed by atoms with Gasteiger partial charge in [-0.2, -0.15) is 13.2 Å². The van der Waals surface area contributed by atoms with Crippen LogP contribution in [0.25, 0.3) is 0 Å². The number of nitrogens with zero attached hydrogens (tertiary/aromatic N) is 5. The van der Waals surface area contributed by atoms with Crippen molar-refractivity contribution in [2.45, 2.75) is 31.5 Å². The fourth-order valence-corrected chi connectivity index (χ4v) is 2.94. The molecule has 0 saturated carbocycles. The predicted molar refractivity (Wildman–Crippen MR) is 77.8 cm³/mol. The zero-order valence-electron chi connectivity index (χ0n) is 12.8. The average molecular weight is 339 g/mol. The third kappa shape index (κ3) is 3.72. The quantitative estimate of drug-likeness (QED) is 0.859. The maximum Gasteiger partial charge on any atom is 0.416 e. The Labute approximate surface area is 136 Å². The second-order valence-electron chi connectivity index (χ2n) is 5.81. The SMILES string of the molecule is O=C(Cn1cnnn1)N1CCCC(c2cccc(C(F)(F)F)c2)C1. The molecule has 3 rings (SSSR count). The van der Waals surface area contributed by atoms with E-state index in [0.717, 1.165) is 18.9 Å². The van der Waals surface area contributed by atoms with Gasteiger partial charge in [0.2, 0.25) is 5.91 Å². The summed E-state index contributed by atoms with van der Waals surface area (Å²) in [5.41, 5.74) is -0.0399. The first-order valence-electron chi connectivity index (χ1n) is 7.59. The van der Waals surface area contributed by atoms with Gasteiger partial charge in [-0.1, -0.05) is 18.2 Å². The largest absolute Gasteiger partial charge is 0.416 e. The highest BCUT2D eigenvalue weighted by Crippen LogP contribution is 2.33. The van der Waals surface area contributed by atoms with E-state index in [1.807, 2.05) is 0 Å². The first-order valence-corrected chi connectivity index (χ1v) is 7.59. The van der Waals surface area contributed by atoms with Crippen molar-refractivity contribution in [2.75, 3.05) is 13.1 Å². The normalized spacial score (nSPS) is 18.6. The number of carbonyl (C=O) groups is 1. The van der Waals surface area contributed by atoms with E-state index in [1.54, 1.807) is 11.0 Å². The van der Waals surface area contributed by atoms with Gasteiger partial charge in [-0.05, 0) is 34.9 Å². The molecular weight excluding hydrogens is 323 g/mol. The lowest BCUT2D eigenvalue weighted by atomic mass is 9.89. The van der Waals surface area contributed by atoms with Crippen LogP contribution < -0.4 is 0 Å². The molecule has 0 bridgehead atoms. The lowest BCUT2D eigenvalue weighted by molar-refractivity contribution is -0.138. The molecule has 9 heteroatoms. The Morgan fingerprint density at radius 2 is 2.17 bits per heavy atom. The van der Waals surface area contributed by atoms with Gasteiger partial charge in [-0.15, -0.1) is 5.10 Å². The van der Waals surface area contributed by atoms with Crippen LogP contribution in [-0.4, -0.2) is 44.1 Å². The number of aromatic nitrogens is 4. The van der Waals surface area contributed by atoms with E-state index in [4.69, 9.17) is 0 Å². The molecule has 0 spiro atoms. The third-order valence-corrected chi connectivity index (χ3v) is 4.15. The van der Waals surface area contributed by atoms with Crippen molar-refractivity contribution in [3.63, 3.8) is 0 Å². The Balaban J connectivity index is 1.70. The summed E-state index contributed by atoms with van der Waals surface area (Å²) in [6, 6.07) is 5.35. The molecule has 24 heavy (non-hydrogen) atoms. The number of halogens is 3. The number of carbonyl (C=O) groups excluding carboxylic acids is 1. The van der Waals surface area contributed by atoms with E-state index in [1.165, 1.54) is 23.1 Å². The molecule has 2 aromatic rings. The second-order valence-corrected chi connectivity index (χ2v) is 5.81. The summed E-state index contributed by atoms with van der Waals surface area (Å²) in [6.07, 6.45) is -1.50. The summed E-state index contributed by atoms with van der Waals surface area (Å²) in [7, 11) is 0.